The first-order chi connectivity index (χ1) is 9.25. The first-order valence-electron chi connectivity index (χ1n) is 6.03. The van der Waals surface area contributed by atoms with Crippen molar-refractivity contribution in [3.8, 4) is 11.5 Å². The summed E-state index contributed by atoms with van der Waals surface area (Å²) in [4.78, 5) is 11.4. The van der Waals surface area contributed by atoms with Gasteiger partial charge in [0.2, 0.25) is 6.79 Å². The van der Waals surface area contributed by atoms with Gasteiger partial charge in [-0.2, -0.15) is 0 Å². The van der Waals surface area contributed by atoms with Crippen LogP contribution in [0.5, 0.6) is 11.5 Å². The summed E-state index contributed by atoms with van der Waals surface area (Å²) in [5, 5.41) is 2.67. The fourth-order valence-electron chi connectivity index (χ4n) is 2.15. The molecule has 1 aromatic carbocycles. The van der Waals surface area contributed by atoms with Gasteiger partial charge in [-0.25, -0.2) is 5.43 Å². The van der Waals surface area contributed by atoms with Crippen LogP contribution in [0.2, 0.25) is 0 Å². The number of fused-ring (bicyclic) bond motifs is 1. The molecule has 1 fully saturated rings. The van der Waals surface area contributed by atoms with Crippen molar-refractivity contribution < 1.29 is 14.3 Å². The van der Waals surface area contributed by atoms with E-state index in [0.29, 0.717) is 13.1 Å². The maximum atomic E-state index is 11.4. The number of halogens is 1. The molecule has 0 bridgehead atoms. The summed E-state index contributed by atoms with van der Waals surface area (Å²) in [6.07, 6.45) is 0. The van der Waals surface area contributed by atoms with Crippen LogP contribution in [0.1, 0.15) is 5.56 Å². The van der Waals surface area contributed by atoms with Gasteiger partial charge in [-0.1, -0.05) is 12.1 Å². The molecule has 2 unspecified atom stereocenters. The smallest absolute Gasteiger partial charge is 0.253 e. The van der Waals surface area contributed by atoms with Crippen LogP contribution in [0.4, 0.5) is 0 Å². The molecule has 1 saturated heterocycles. The number of carbonyl (C=O) groups excluding carboxylic acids is 1. The minimum Gasteiger partial charge on any atom is -0.454 e. The Hall–Kier alpha value is -1.50. The molecule has 0 saturated carbocycles. The Morgan fingerprint density at radius 1 is 1.42 bits per heavy atom. The van der Waals surface area contributed by atoms with Gasteiger partial charge in [0.25, 0.3) is 5.91 Å². The molecule has 2 aliphatic heterocycles. The van der Waals surface area contributed by atoms with Crippen LogP contribution in [-0.4, -0.2) is 30.7 Å². The molecule has 2 atom stereocenters. The van der Waals surface area contributed by atoms with Crippen molar-refractivity contribution in [3.05, 3.63) is 23.8 Å². The highest BCUT2D eigenvalue weighted by atomic mass is 35.5. The summed E-state index contributed by atoms with van der Waals surface area (Å²) in [7, 11) is 0. The number of carbonyl (C=O) groups is 1. The molecular weight excluding hydrogens is 270 g/mol. The largest absolute Gasteiger partial charge is 0.454 e. The van der Waals surface area contributed by atoms with Crippen molar-refractivity contribution >= 4 is 17.5 Å². The number of amides is 1. The van der Waals surface area contributed by atoms with Crippen LogP contribution in [0.3, 0.4) is 0 Å². The Bertz CT molecular complexity index is 497. The molecule has 2 heterocycles. The molecule has 0 aliphatic carbocycles. The van der Waals surface area contributed by atoms with Crippen LogP contribution in [0.25, 0.3) is 0 Å². The van der Waals surface area contributed by atoms with Crippen LogP contribution in [-0.2, 0) is 11.3 Å². The molecule has 19 heavy (non-hydrogen) atoms. The standard InChI is InChI=1S/C12H14ClN3O3/c13-10-8(5-15-16-12(10)17)14-4-7-2-1-3-9-11(7)19-6-18-9/h1-3,8,10,14-15H,4-6H2,(H,16,17). The van der Waals surface area contributed by atoms with E-state index in [1.54, 1.807) is 0 Å². The highest BCUT2D eigenvalue weighted by Gasteiger charge is 2.30. The number of rotatable bonds is 3. The molecule has 2 aliphatic rings. The molecule has 3 N–H and O–H groups in total. The van der Waals surface area contributed by atoms with Gasteiger partial charge in [0, 0.05) is 24.7 Å². The van der Waals surface area contributed by atoms with E-state index in [1.165, 1.54) is 0 Å². The lowest BCUT2D eigenvalue weighted by molar-refractivity contribution is -0.123. The summed E-state index contributed by atoms with van der Waals surface area (Å²) in [5.74, 6) is 1.29. The molecule has 0 spiro atoms. The lowest BCUT2D eigenvalue weighted by atomic mass is 10.1. The number of hydrogen-bond donors (Lipinski definition) is 3. The van der Waals surface area contributed by atoms with Gasteiger partial charge < -0.3 is 14.8 Å². The van der Waals surface area contributed by atoms with Crippen molar-refractivity contribution in [2.24, 2.45) is 0 Å². The Kier molecular flexibility index (Phi) is 3.46. The van der Waals surface area contributed by atoms with Gasteiger partial charge in [0.05, 0.1) is 0 Å². The first kappa shape index (κ1) is 12.5. The number of hydrazine groups is 1. The van der Waals surface area contributed by atoms with Crippen molar-refractivity contribution in [3.63, 3.8) is 0 Å². The molecule has 1 aromatic rings. The monoisotopic (exact) mass is 283 g/mol. The van der Waals surface area contributed by atoms with Crippen LogP contribution < -0.4 is 25.6 Å². The maximum Gasteiger partial charge on any atom is 0.253 e. The van der Waals surface area contributed by atoms with Gasteiger partial charge in [0.1, 0.15) is 5.38 Å². The van der Waals surface area contributed by atoms with Crippen molar-refractivity contribution in [1.29, 1.82) is 0 Å². The third kappa shape index (κ3) is 2.47. The minimum absolute atomic E-state index is 0.131. The Labute approximate surface area is 115 Å². The van der Waals surface area contributed by atoms with E-state index >= 15 is 0 Å². The number of nitrogens with one attached hydrogen (secondary N) is 3. The predicted molar refractivity (Wildman–Crippen MR) is 69.0 cm³/mol. The lowest BCUT2D eigenvalue weighted by Gasteiger charge is -2.28. The summed E-state index contributed by atoms with van der Waals surface area (Å²) in [6, 6.07) is 5.61. The zero-order valence-electron chi connectivity index (χ0n) is 10.1. The number of alkyl halides is 1. The SMILES string of the molecule is O=C1NNCC(NCc2cccc3c2OCO3)C1Cl. The highest BCUT2D eigenvalue weighted by molar-refractivity contribution is 6.31. The zero-order chi connectivity index (χ0) is 13.2. The van der Waals surface area contributed by atoms with Gasteiger partial charge in [0.15, 0.2) is 11.5 Å². The topological polar surface area (TPSA) is 71.6 Å². The van der Waals surface area contributed by atoms with E-state index in [2.05, 4.69) is 16.2 Å². The average molecular weight is 284 g/mol. The first-order valence-corrected chi connectivity index (χ1v) is 6.47. The molecule has 7 heteroatoms. The van der Waals surface area contributed by atoms with Crippen LogP contribution in [0.15, 0.2) is 18.2 Å². The Morgan fingerprint density at radius 2 is 2.32 bits per heavy atom. The second-order valence-corrected chi connectivity index (χ2v) is 4.88. The molecule has 0 radical (unpaired) electrons. The van der Waals surface area contributed by atoms with Gasteiger partial charge in [-0.05, 0) is 6.07 Å². The quantitative estimate of drug-likeness (QED) is 0.687. The molecular formula is C12H14ClN3O3. The van der Waals surface area contributed by atoms with Crippen molar-refractivity contribution in [2.45, 2.75) is 18.0 Å². The van der Waals surface area contributed by atoms with E-state index in [9.17, 15) is 4.79 Å². The third-order valence-electron chi connectivity index (χ3n) is 3.17. The molecule has 102 valence electrons. The Morgan fingerprint density at radius 3 is 3.21 bits per heavy atom. The number of ether oxygens (including phenoxy) is 2. The van der Waals surface area contributed by atoms with E-state index in [-0.39, 0.29) is 18.7 Å². The van der Waals surface area contributed by atoms with Gasteiger partial charge >= 0.3 is 0 Å². The number of hydrogen-bond acceptors (Lipinski definition) is 5. The summed E-state index contributed by atoms with van der Waals surface area (Å²) < 4.78 is 10.7. The van der Waals surface area contributed by atoms with Crippen LogP contribution in [0, 0.1) is 0 Å². The lowest BCUT2D eigenvalue weighted by Crippen LogP contribution is -2.60. The predicted octanol–water partition coefficient (Wildman–Crippen LogP) is 0.115. The second-order valence-electron chi connectivity index (χ2n) is 4.41. The maximum absolute atomic E-state index is 11.4. The fraction of sp³-hybridized carbons (Fsp3) is 0.417. The Balaban J connectivity index is 1.66. The second kappa shape index (κ2) is 5.24. The van der Waals surface area contributed by atoms with E-state index < -0.39 is 5.38 Å². The summed E-state index contributed by atoms with van der Waals surface area (Å²) in [6.45, 7) is 1.39. The summed E-state index contributed by atoms with van der Waals surface area (Å²) >= 11 is 6.05. The molecule has 3 rings (SSSR count). The summed E-state index contributed by atoms with van der Waals surface area (Å²) in [5.41, 5.74) is 6.29. The van der Waals surface area contributed by atoms with Crippen molar-refractivity contribution in [1.82, 2.24) is 16.2 Å². The third-order valence-corrected chi connectivity index (χ3v) is 3.67. The fourth-order valence-corrected chi connectivity index (χ4v) is 2.38. The zero-order valence-corrected chi connectivity index (χ0v) is 10.9. The highest BCUT2D eigenvalue weighted by Crippen LogP contribution is 2.35. The van der Waals surface area contributed by atoms with Crippen molar-refractivity contribution in [2.75, 3.05) is 13.3 Å². The van der Waals surface area contributed by atoms with Gasteiger partial charge in [-0.15, -0.1) is 11.6 Å². The van der Waals surface area contributed by atoms with E-state index in [4.69, 9.17) is 21.1 Å². The molecule has 6 nitrogen and oxygen atoms in total. The molecule has 1 amide bonds. The number of para-hydroxylation sites is 1. The van der Waals surface area contributed by atoms with E-state index in [0.717, 1.165) is 17.1 Å². The van der Waals surface area contributed by atoms with Gasteiger partial charge in [-0.3, -0.25) is 10.2 Å². The number of benzene rings is 1. The van der Waals surface area contributed by atoms with E-state index in [1.807, 2.05) is 18.2 Å². The normalized spacial score (nSPS) is 25.2. The molecule has 0 aromatic heterocycles. The average Bonchev–Trinajstić information content (AvgIpc) is 2.89. The van der Waals surface area contributed by atoms with Crippen LogP contribution >= 0.6 is 11.6 Å². The minimum atomic E-state index is -0.588.